The van der Waals surface area contributed by atoms with Crippen LogP contribution in [0.4, 0.5) is 0 Å². The number of nitrogens with zero attached hydrogens (tertiary/aromatic N) is 1. The average molecular weight is 412 g/mol. The number of imide groups is 1. The normalized spacial score (nSPS) is 13.0. The largest absolute Gasteiger partial charge is 0.384 e. The second-order valence-electron chi connectivity index (χ2n) is 5.33. The van der Waals surface area contributed by atoms with Gasteiger partial charge >= 0.3 is 0 Å². The highest BCUT2D eigenvalue weighted by atomic mass is 79.9. The van der Waals surface area contributed by atoms with Crippen molar-refractivity contribution in [3.05, 3.63) is 33.8 Å². The monoisotopic (exact) mass is 411 g/mol. The number of halogens is 1. The van der Waals surface area contributed by atoms with Crippen LogP contribution in [0.25, 0.3) is 0 Å². The summed E-state index contributed by atoms with van der Waals surface area (Å²) in [4.78, 5) is 48.7. The number of carbonyl (C=O) groups is 4. The van der Waals surface area contributed by atoms with Crippen molar-refractivity contribution in [2.75, 3.05) is 33.4 Å². The van der Waals surface area contributed by atoms with Crippen LogP contribution in [-0.2, 0) is 14.3 Å². The van der Waals surface area contributed by atoms with Gasteiger partial charge in [-0.1, -0.05) is 15.9 Å². The van der Waals surface area contributed by atoms with Crippen molar-refractivity contribution in [1.29, 1.82) is 0 Å². The van der Waals surface area contributed by atoms with Crippen LogP contribution in [0.5, 0.6) is 0 Å². The van der Waals surface area contributed by atoms with E-state index in [2.05, 4.69) is 26.6 Å². The topological polar surface area (TPSA) is 105 Å². The van der Waals surface area contributed by atoms with Crippen molar-refractivity contribution in [2.24, 2.45) is 0 Å². The predicted octanol–water partition coefficient (Wildman–Crippen LogP) is 0.314. The minimum Gasteiger partial charge on any atom is -0.384 e. The van der Waals surface area contributed by atoms with E-state index in [0.717, 1.165) is 4.90 Å². The van der Waals surface area contributed by atoms with Gasteiger partial charge in [0.05, 0.1) is 17.7 Å². The van der Waals surface area contributed by atoms with Gasteiger partial charge in [-0.05, 0) is 18.2 Å². The van der Waals surface area contributed by atoms with E-state index >= 15 is 0 Å². The molecule has 0 aliphatic carbocycles. The van der Waals surface area contributed by atoms with Crippen molar-refractivity contribution < 1.29 is 23.9 Å². The Morgan fingerprint density at radius 1 is 1.08 bits per heavy atom. The summed E-state index contributed by atoms with van der Waals surface area (Å²) in [6, 6.07) is 4.77. The van der Waals surface area contributed by atoms with Gasteiger partial charge in [0.25, 0.3) is 11.8 Å². The lowest BCUT2D eigenvalue weighted by Gasteiger charge is -2.13. The van der Waals surface area contributed by atoms with E-state index < -0.39 is 17.7 Å². The van der Waals surface area contributed by atoms with E-state index in [1.807, 2.05) is 0 Å². The smallest absolute Gasteiger partial charge is 0.262 e. The number of fused-ring (bicyclic) bond motifs is 1. The Morgan fingerprint density at radius 2 is 1.72 bits per heavy atom. The third-order valence-electron chi connectivity index (χ3n) is 3.54. The summed E-state index contributed by atoms with van der Waals surface area (Å²) >= 11 is 3.25. The highest BCUT2D eigenvalue weighted by Gasteiger charge is 2.36. The first kappa shape index (κ1) is 19.1. The molecular formula is C16H18BrN3O5. The number of benzene rings is 1. The van der Waals surface area contributed by atoms with Gasteiger partial charge in [-0.3, -0.25) is 24.1 Å². The fourth-order valence-electron chi connectivity index (χ4n) is 2.29. The number of hydrogen-bond donors (Lipinski definition) is 2. The van der Waals surface area contributed by atoms with Gasteiger partial charge < -0.3 is 15.4 Å². The molecule has 134 valence electrons. The zero-order valence-corrected chi connectivity index (χ0v) is 15.2. The second-order valence-corrected chi connectivity index (χ2v) is 6.24. The Morgan fingerprint density at radius 3 is 2.40 bits per heavy atom. The molecule has 8 nitrogen and oxygen atoms in total. The highest BCUT2D eigenvalue weighted by molar-refractivity contribution is 9.10. The summed E-state index contributed by atoms with van der Waals surface area (Å²) < 4.78 is 5.47. The molecule has 25 heavy (non-hydrogen) atoms. The molecule has 1 heterocycles. The first-order valence-corrected chi connectivity index (χ1v) is 8.41. The van der Waals surface area contributed by atoms with Gasteiger partial charge in [-0.25, -0.2) is 0 Å². The second kappa shape index (κ2) is 8.72. The zero-order valence-electron chi connectivity index (χ0n) is 13.6. The summed E-state index contributed by atoms with van der Waals surface area (Å²) in [5.41, 5.74) is 0.559. The molecule has 4 amide bonds. The third kappa shape index (κ3) is 4.86. The van der Waals surface area contributed by atoms with Gasteiger partial charge in [0.15, 0.2) is 0 Å². The molecule has 0 aromatic heterocycles. The van der Waals surface area contributed by atoms with E-state index in [9.17, 15) is 19.2 Å². The maximum absolute atomic E-state index is 12.2. The molecule has 1 aromatic carbocycles. The summed E-state index contributed by atoms with van der Waals surface area (Å²) in [5, 5.41) is 5.18. The van der Waals surface area contributed by atoms with Crippen molar-refractivity contribution in [3.8, 4) is 0 Å². The van der Waals surface area contributed by atoms with Crippen molar-refractivity contribution in [2.45, 2.75) is 6.42 Å². The first-order valence-electron chi connectivity index (χ1n) is 7.62. The lowest BCUT2D eigenvalue weighted by Crippen LogP contribution is -2.42. The summed E-state index contributed by atoms with van der Waals surface area (Å²) in [6.07, 6.45) is 0.245. The summed E-state index contributed by atoms with van der Waals surface area (Å²) in [6.45, 7) is 0.422. The fourth-order valence-corrected chi connectivity index (χ4v) is 2.65. The summed E-state index contributed by atoms with van der Waals surface area (Å²) in [7, 11) is 1.51. The van der Waals surface area contributed by atoms with Gasteiger partial charge in [-0.15, -0.1) is 0 Å². The van der Waals surface area contributed by atoms with Crippen LogP contribution in [0.3, 0.4) is 0 Å². The van der Waals surface area contributed by atoms with Crippen LogP contribution in [0.15, 0.2) is 22.7 Å². The van der Waals surface area contributed by atoms with Gasteiger partial charge in [0.1, 0.15) is 6.54 Å². The molecule has 0 bridgehead atoms. The molecule has 0 saturated carbocycles. The van der Waals surface area contributed by atoms with Crippen LogP contribution in [-0.4, -0.2) is 61.9 Å². The molecule has 0 unspecified atom stereocenters. The Kier molecular flexibility index (Phi) is 6.65. The van der Waals surface area contributed by atoms with Gasteiger partial charge in [0.2, 0.25) is 11.8 Å². The number of rotatable bonds is 8. The van der Waals surface area contributed by atoms with Crippen molar-refractivity contribution in [3.63, 3.8) is 0 Å². The number of carbonyl (C=O) groups excluding carboxylic acids is 4. The Bertz CT molecular complexity index is 707. The van der Waals surface area contributed by atoms with E-state index in [1.165, 1.54) is 7.11 Å². The molecule has 0 saturated heterocycles. The number of ether oxygens (including phenoxy) is 1. The molecule has 2 rings (SSSR count). The number of methoxy groups -OCH3 is 1. The Hall–Kier alpha value is -2.26. The molecular weight excluding hydrogens is 394 g/mol. The number of hydrogen-bond acceptors (Lipinski definition) is 5. The van der Waals surface area contributed by atoms with E-state index in [1.54, 1.807) is 18.2 Å². The Balaban J connectivity index is 1.79. The van der Waals surface area contributed by atoms with Crippen LogP contribution >= 0.6 is 15.9 Å². The minimum absolute atomic E-state index is 0.179. The standard InChI is InChI=1S/C16H18BrN3O5/c1-25-7-4-13(21)18-5-6-19-14(22)9-20-15(23)11-3-2-10(17)8-12(11)16(20)24/h2-3,8H,4-7,9H2,1H3,(H,18,21)(H,19,22). The third-order valence-corrected chi connectivity index (χ3v) is 4.03. The van der Waals surface area contributed by atoms with Crippen molar-refractivity contribution in [1.82, 2.24) is 15.5 Å². The lowest BCUT2D eigenvalue weighted by molar-refractivity contribution is -0.123. The molecule has 2 N–H and O–H groups in total. The SMILES string of the molecule is COCCC(=O)NCCNC(=O)CN1C(=O)c2ccc(Br)cc2C1=O. The van der Waals surface area contributed by atoms with Crippen LogP contribution in [0.2, 0.25) is 0 Å². The molecule has 9 heteroatoms. The Labute approximate surface area is 153 Å². The molecule has 0 radical (unpaired) electrons. The van der Waals surface area contributed by atoms with Crippen LogP contribution in [0, 0.1) is 0 Å². The average Bonchev–Trinajstić information content (AvgIpc) is 2.81. The van der Waals surface area contributed by atoms with E-state index in [4.69, 9.17) is 4.74 Å². The van der Waals surface area contributed by atoms with E-state index in [0.29, 0.717) is 11.1 Å². The maximum atomic E-state index is 12.2. The molecule has 1 aliphatic rings. The predicted molar refractivity (Wildman–Crippen MR) is 92.0 cm³/mol. The van der Waals surface area contributed by atoms with Crippen LogP contribution in [0.1, 0.15) is 27.1 Å². The van der Waals surface area contributed by atoms with Gasteiger partial charge in [0, 0.05) is 31.1 Å². The lowest BCUT2D eigenvalue weighted by atomic mass is 10.1. The maximum Gasteiger partial charge on any atom is 0.262 e. The van der Waals surface area contributed by atoms with Crippen molar-refractivity contribution >= 4 is 39.6 Å². The number of nitrogens with one attached hydrogen (secondary N) is 2. The minimum atomic E-state index is -0.496. The highest BCUT2D eigenvalue weighted by Crippen LogP contribution is 2.25. The first-order chi connectivity index (χ1) is 11.9. The molecule has 0 fully saturated rings. The van der Waals surface area contributed by atoms with Crippen LogP contribution < -0.4 is 10.6 Å². The fraction of sp³-hybridized carbons (Fsp3) is 0.375. The van der Waals surface area contributed by atoms with Gasteiger partial charge in [-0.2, -0.15) is 0 Å². The molecule has 0 atom stereocenters. The molecule has 1 aliphatic heterocycles. The number of amides is 4. The molecule has 0 spiro atoms. The zero-order chi connectivity index (χ0) is 18.4. The quantitative estimate of drug-likeness (QED) is 0.473. The molecule has 1 aromatic rings. The van der Waals surface area contributed by atoms with E-state index in [-0.39, 0.29) is 43.1 Å². The summed E-state index contributed by atoms with van der Waals surface area (Å²) in [5.74, 6) is -1.64.